The quantitative estimate of drug-likeness (QED) is 0.347. The Bertz CT molecular complexity index is 1410. The van der Waals surface area contributed by atoms with Gasteiger partial charge in [-0.1, -0.05) is 12.6 Å². The number of ether oxygens (including phenoxy) is 2. The number of aromatic nitrogens is 3. The molecule has 1 aliphatic rings. The Morgan fingerprint density at radius 2 is 1.97 bits per heavy atom. The lowest BCUT2D eigenvalue weighted by atomic mass is 10.1. The predicted molar refractivity (Wildman–Crippen MR) is 130 cm³/mol. The number of rotatable bonds is 6. The SMILES string of the molecule is C=CC(=O)N1CCCC1c1nc(-c2ccc(Oc3cccc(OC)c3F)cc2)c2c(C)nccn12. The van der Waals surface area contributed by atoms with Crippen molar-refractivity contribution in [1.82, 2.24) is 19.3 Å². The zero-order valence-electron chi connectivity index (χ0n) is 19.6. The zero-order chi connectivity index (χ0) is 24.5. The highest BCUT2D eigenvalue weighted by atomic mass is 19.1. The highest BCUT2D eigenvalue weighted by molar-refractivity contribution is 5.87. The number of carbonyl (C=O) groups excluding carboxylic acids is 1. The fourth-order valence-corrected chi connectivity index (χ4v) is 4.61. The number of imidazole rings is 1. The third-order valence-electron chi connectivity index (χ3n) is 6.28. The Hall–Kier alpha value is -4.20. The predicted octanol–water partition coefficient (Wildman–Crippen LogP) is 5.49. The Kier molecular flexibility index (Phi) is 5.94. The molecule has 2 aromatic heterocycles. The first kappa shape index (κ1) is 22.6. The van der Waals surface area contributed by atoms with Gasteiger partial charge in [-0.3, -0.25) is 14.2 Å². The molecule has 0 spiro atoms. The molecule has 178 valence electrons. The highest BCUT2D eigenvalue weighted by Gasteiger charge is 2.33. The summed E-state index contributed by atoms with van der Waals surface area (Å²) >= 11 is 0. The van der Waals surface area contributed by atoms with E-state index in [0.717, 1.165) is 41.1 Å². The minimum atomic E-state index is -0.555. The third kappa shape index (κ3) is 4.01. The zero-order valence-corrected chi connectivity index (χ0v) is 19.6. The van der Waals surface area contributed by atoms with Gasteiger partial charge < -0.3 is 14.4 Å². The summed E-state index contributed by atoms with van der Waals surface area (Å²) in [6, 6.07) is 11.9. The molecule has 1 fully saturated rings. The molecule has 0 aliphatic carbocycles. The van der Waals surface area contributed by atoms with Crippen molar-refractivity contribution in [3.63, 3.8) is 0 Å². The second-order valence-corrected chi connectivity index (χ2v) is 8.34. The van der Waals surface area contributed by atoms with E-state index >= 15 is 0 Å². The number of aryl methyl sites for hydroxylation is 1. The number of likely N-dealkylation sites (tertiary alicyclic amines) is 1. The Balaban J connectivity index is 1.52. The van der Waals surface area contributed by atoms with Crippen LogP contribution in [0.5, 0.6) is 17.2 Å². The average molecular weight is 473 g/mol. The Morgan fingerprint density at radius 1 is 1.20 bits per heavy atom. The first-order chi connectivity index (χ1) is 17.0. The average Bonchev–Trinajstić information content (AvgIpc) is 3.51. The Labute approximate surface area is 202 Å². The fourth-order valence-electron chi connectivity index (χ4n) is 4.61. The number of benzene rings is 2. The summed E-state index contributed by atoms with van der Waals surface area (Å²) in [4.78, 5) is 23.7. The topological polar surface area (TPSA) is 69.0 Å². The first-order valence-corrected chi connectivity index (χ1v) is 11.4. The number of methoxy groups -OCH3 is 1. The van der Waals surface area contributed by atoms with E-state index in [1.54, 1.807) is 30.5 Å². The third-order valence-corrected chi connectivity index (χ3v) is 6.28. The maximum Gasteiger partial charge on any atom is 0.246 e. The van der Waals surface area contributed by atoms with Crippen molar-refractivity contribution in [2.75, 3.05) is 13.7 Å². The summed E-state index contributed by atoms with van der Waals surface area (Å²) in [5, 5.41) is 0. The molecule has 3 heterocycles. The molecule has 1 atom stereocenters. The Morgan fingerprint density at radius 3 is 2.71 bits per heavy atom. The van der Waals surface area contributed by atoms with Gasteiger partial charge in [-0.2, -0.15) is 4.39 Å². The van der Waals surface area contributed by atoms with Gasteiger partial charge in [-0.05, 0) is 62.2 Å². The maximum absolute atomic E-state index is 14.5. The van der Waals surface area contributed by atoms with Crippen LogP contribution in [0.1, 0.15) is 30.4 Å². The van der Waals surface area contributed by atoms with Gasteiger partial charge in [-0.15, -0.1) is 0 Å². The molecule has 1 amide bonds. The van der Waals surface area contributed by atoms with Crippen molar-refractivity contribution >= 4 is 11.4 Å². The second-order valence-electron chi connectivity index (χ2n) is 8.34. The molecule has 35 heavy (non-hydrogen) atoms. The normalized spacial score (nSPS) is 15.4. The molecule has 7 nitrogen and oxygen atoms in total. The van der Waals surface area contributed by atoms with Crippen LogP contribution in [0.3, 0.4) is 0 Å². The number of hydrogen-bond acceptors (Lipinski definition) is 5. The van der Waals surface area contributed by atoms with E-state index in [-0.39, 0.29) is 23.4 Å². The van der Waals surface area contributed by atoms with E-state index in [2.05, 4.69) is 11.6 Å². The van der Waals surface area contributed by atoms with Crippen LogP contribution in [0.25, 0.3) is 16.8 Å². The molecule has 1 saturated heterocycles. The number of hydrogen-bond donors (Lipinski definition) is 0. The van der Waals surface area contributed by atoms with Gasteiger partial charge in [-0.25, -0.2) is 4.98 Å². The standard InChI is InChI=1S/C27H25FN4O3/c1-4-23(33)31-15-6-7-20(31)27-30-25(26-17(2)29-14-16-32(26)27)18-10-12-19(13-11-18)35-22-9-5-8-21(34-3)24(22)28/h4-5,8-14,16,20H,1,6-7,15H2,2-3H3. The summed E-state index contributed by atoms with van der Waals surface area (Å²) in [6.07, 6.45) is 6.72. The molecule has 0 saturated carbocycles. The largest absolute Gasteiger partial charge is 0.494 e. The summed E-state index contributed by atoms with van der Waals surface area (Å²) < 4.78 is 27.3. The molecule has 5 rings (SSSR count). The van der Waals surface area contributed by atoms with Crippen LogP contribution >= 0.6 is 0 Å². The molecule has 1 unspecified atom stereocenters. The minimum absolute atomic E-state index is 0.0834. The van der Waals surface area contributed by atoms with Crippen molar-refractivity contribution in [2.45, 2.75) is 25.8 Å². The molecular weight excluding hydrogens is 447 g/mol. The first-order valence-electron chi connectivity index (χ1n) is 11.4. The van der Waals surface area contributed by atoms with Gasteiger partial charge in [0.15, 0.2) is 11.5 Å². The lowest BCUT2D eigenvalue weighted by molar-refractivity contribution is -0.127. The van der Waals surface area contributed by atoms with Gasteiger partial charge in [0, 0.05) is 24.5 Å². The van der Waals surface area contributed by atoms with Crippen molar-refractivity contribution in [3.05, 3.63) is 84.8 Å². The highest BCUT2D eigenvalue weighted by Crippen LogP contribution is 2.37. The molecule has 0 bridgehead atoms. The molecule has 0 N–H and O–H groups in total. The summed E-state index contributed by atoms with van der Waals surface area (Å²) in [6.45, 7) is 6.26. The van der Waals surface area contributed by atoms with Crippen LogP contribution in [0, 0.1) is 12.7 Å². The van der Waals surface area contributed by atoms with E-state index in [1.807, 2.05) is 34.6 Å². The molecule has 4 aromatic rings. The van der Waals surface area contributed by atoms with Crippen LogP contribution in [-0.4, -0.2) is 38.8 Å². The van der Waals surface area contributed by atoms with Gasteiger partial charge in [0.05, 0.1) is 30.1 Å². The maximum atomic E-state index is 14.5. The van der Waals surface area contributed by atoms with Crippen LogP contribution in [-0.2, 0) is 4.79 Å². The van der Waals surface area contributed by atoms with Gasteiger partial charge in [0.25, 0.3) is 0 Å². The summed E-state index contributed by atoms with van der Waals surface area (Å²) in [7, 11) is 1.41. The van der Waals surface area contributed by atoms with E-state index in [0.29, 0.717) is 12.3 Å². The van der Waals surface area contributed by atoms with Crippen molar-refractivity contribution in [2.24, 2.45) is 0 Å². The van der Waals surface area contributed by atoms with Gasteiger partial charge in [0.1, 0.15) is 11.6 Å². The van der Waals surface area contributed by atoms with Crippen LogP contribution in [0.15, 0.2) is 67.5 Å². The van der Waals surface area contributed by atoms with E-state index in [1.165, 1.54) is 19.3 Å². The second kappa shape index (κ2) is 9.21. The minimum Gasteiger partial charge on any atom is -0.494 e. The summed E-state index contributed by atoms with van der Waals surface area (Å²) in [5.41, 5.74) is 3.35. The van der Waals surface area contributed by atoms with E-state index in [9.17, 15) is 9.18 Å². The van der Waals surface area contributed by atoms with Crippen LogP contribution in [0.4, 0.5) is 4.39 Å². The van der Waals surface area contributed by atoms with Crippen molar-refractivity contribution in [3.8, 4) is 28.5 Å². The molecular formula is C27H25FN4O3. The monoisotopic (exact) mass is 472 g/mol. The van der Waals surface area contributed by atoms with Crippen molar-refractivity contribution in [1.29, 1.82) is 0 Å². The molecule has 0 radical (unpaired) electrons. The summed E-state index contributed by atoms with van der Waals surface area (Å²) in [5.74, 6) is 0.837. The molecule has 8 heteroatoms. The van der Waals surface area contributed by atoms with Crippen LogP contribution < -0.4 is 9.47 Å². The van der Waals surface area contributed by atoms with Gasteiger partial charge in [0.2, 0.25) is 11.7 Å². The lowest BCUT2D eigenvalue weighted by Crippen LogP contribution is -2.29. The molecule has 2 aromatic carbocycles. The van der Waals surface area contributed by atoms with E-state index < -0.39 is 5.82 Å². The van der Waals surface area contributed by atoms with Gasteiger partial charge >= 0.3 is 0 Å². The lowest BCUT2D eigenvalue weighted by Gasteiger charge is -2.22. The van der Waals surface area contributed by atoms with Crippen LogP contribution in [0.2, 0.25) is 0 Å². The number of amides is 1. The smallest absolute Gasteiger partial charge is 0.246 e. The van der Waals surface area contributed by atoms with Crippen molar-refractivity contribution < 1.29 is 18.7 Å². The number of fused-ring (bicyclic) bond motifs is 1. The number of nitrogens with zero attached hydrogens (tertiary/aromatic N) is 4. The number of halogens is 1. The number of carbonyl (C=O) groups is 1. The van der Waals surface area contributed by atoms with E-state index in [4.69, 9.17) is 14.5 Å². The molecule has 1 aliphatic heterocycles. The fraction of sp³-hybridized carbons (Fsp3) is 0.222.